The van der Waals surface area contributed by atoms with Gasteiger partial charge in [-0.25, -0.2) is 4.98 Å². The Hall–Kier alpha value is -0.350. The molecule has 1 saturated carbocycles. The second kappa shape index (κ2) is 5.12. The van der Waals surface area contributed by atoms with Crippen LogP contribution in [0.2, 0.25) is 5.28 Å². The van der Waals surface area contributed by atoms with Crippen molar-refractivity contribution in [3.8, 4) is 0 Å². The maximum atomic E-state index is 5.71. The quantitative estimate of drug-likeness (QED) is 0.863. The first-order valence-corrected chi connectivity index (χ1v) is 6.34. The van der Waals surface area contributed by atoms with Gasteiger partial charge in [0.05, 0.1) is 4.47 Å². The number of aromatic nitrogens is 2. The summed E-state index contributed by atoms with van der Waals surface area (Å²) in [6, 6.07) is 0. The molecule has 1 aromatic rings. The van der Waals surface area contributed by atoms with Gasteiger partial charge >= 0.3 is 0 Å². The van der Waals surface area contributed by atoms with Gasteiger partial charge in [0.15, 0.2) is 0 Å². The van der Waals surface area contributed by atoms with Gasteiger partial charge in [-0.3, -0.25) is 0 Å². The highest BCUT2D eigenvalue weighted by Gasteiger charge is 2.16. The van der Waals surface area contributed by atoms with Crippen molar-refractivity contribution in [2.24, 2.45) is 5.92 Å². The van der Waals surface area contributed by atoms with Crippen molar-refractivity contribution in [2.45, 2.75) is 25.7 Å². The van der Waals surface area contributed by atoms with Crippen molar-refractivity contribution in [3.63, 3.8) is 0 Å². The molecular formula is C10H13BrClN3. The molecule has 0 aliphatic heterocycles. The second-order valence-corrected chi connectivity index (χ2v) is 5.04. The van der Waals surface area contributed by atoms with Crippen molar-refractivity contribution in [2.75, 3.05) is 11.9 Å². The Bertz CT molecular complexity index is 341. The van der Waals surface area contributed by atoms with E-state index in [9.17, 15) is 0 Å². The third kappa shape index (κ3) is 3.05. The normalized spacial score (nSPS) is 16.1. The molecule has 0 bridgehead atoms. The molecule has 0 unspecified atom stereocenters. The summed E-state index contributed by atoms with van der Waals surface area (Å²) in [5.41, 5.74) is 0. The maximum absolute atomic E-state index is 5.71. The average Bonchev–Trinajstić information content (AvgIpc) is 2.15. The molecule has 1 aromatic heterocycles. The first-order chi connectivity index (χ1) is 7.25. The monoisotopic (exact) mass is 289 g/mol. The summed E-state index contributed by atoms with van der Waals surface area (Å²) >= 11 is 9.10. The number of hydrogen-bond donors (Lipinski definition) is 1. The smallest absolute Gasteiger partial charge is 0.224 e. The molecule has 0 amide bonds. The van der Waals surface area contributed by atoms with E-state index in [1.807, 2.05) is 0 Å². The molecule has 5 heteroatoms. The van der Waals surface area contributed by atoms with Crippen LogP contribution in [0.5, 0.6) is 0 Å². The van der Waals surface area contributed by atoms with Crippen LogP contribution in [0, 0.1) is 5.92 Å². The molecule has 1 aliphatic rings. The highest BCUT2D eigenvalue weighted by atomic mass is 79.9. The SMILES string of the molecule is Clc1ncc(Br)c(NCCC2CCC2)n1. The molecule has 1 heterocycles. The largest absolute Gasteiger partial charge is 0.369 e. The van der Waals surface area contributed by atoms with Gasteiger partial charge in [-0.2, -0.15) is 4.98 Å². The molecule has 0 spiro atoms. The lowest BCUT2D eigenvalue weighted by Gasteiger charge is -2.25. The van der Waals surface area contributed by atoms with E-state index in [-0.39, 0.29) is 5.28 Å². The zero-order valence-electron chi connectivity index (χ0n) is 8.34. The molecule has 0 atom stereocenters. The van der Waals surface area contributed by atoms with E-state index in [4.69, 9.17) is 11.6 Å². The van der Waals surface area contributed by atoms with Gasteiger partial charge in [0, 0.05) is 12.7 Å². The number of halogens is 2. The zero-order chi connectivity index (χ0) is 10.7. The predicted octanol–water partition coefficient (Wildman–Crippen LogP) is 3.49. The van der Waals surface area contributed by atoms with Crippen LogP contribution in [-0.2, 0) is 0 Å². The Morgan fingerprint density at radius 2 is 2.33 bits per heavy atom. The van der Waals surface area contributed by atoms with Crippen molar-refractivity contribution in [3.05, 3.63) is 16.0 Å². The Morgan fingerprint density at radius 1 is 1.53 bits per heavy atom. The first-order valence-electron chi connectivity index (χ1n) is 5.17. The summed E-state index contributed by atoms with van der Waals surface area (Å²) in [6.07, 6.45) is 7.05. The van der Waals surface area contributed by atoms with Gasteiger partial charge in [0.1, 0.15) is 5.82 Å². The van der Waals surface area contributed by atoms with Gasteiger partial charge in [-0.1, -0.05) is 19.3 Å². The van der Waals surface area contributed by atoms with Crippen molar-refractivity contribution in [1.29, 1.82) is 0 Å². The van der Waals surface area contributed by atoms with Gasteiger partial charge in [-0.15, -0.1) is 0 Å². The summed E-state index contributed by atoms with van der Waals surface area (Å²) in [7, 11) is 0. The van der Waals surface area contributed by atoms with E-state index in [0.29, 0.717) is 0 Å². The lowest BCUT2D eigenvalue weighted by atomic mass is 9.83. The summed E-state index contributed by atoms with van der Waals surface area (Å²) in [6.45, 7) is 0.955. The molecule has 1 fully saturated rings. The molecule has 1 N–H and O–H groups in total. The van der Waals surface area contributed by atoms with Crippen LogP contribution in [0.4, 0.5) is 5.82 Å². The number of nitrogens with one attached hydrogen (secondary N) is 1. The van der Waals surface area contributed by atoms with Crippen LogP contribution >= 0.6 is 27.5 Å². The Balaban J connectivity index is 1.83. The summed E-state index contributed by atoms with van der Waals surface area (Å²) in [4.78, 5) is 7.99. The molecule has 0 aromatic carbocycles. The minimum absolute atomic E-state index is 0.282. The molecule has 3 nitrogen and oxygen atoms in total. The van der Waals surface area contributed by atoms with Gasteiger partial charge < -0.3 is 5.32 Å². The predicted molar refractivity (Wildman–Crippen MR) is 65.2 cm³/mol. The van der Waals surface area contributed by atoms with E-state index in [1.54, 1.807) is 6.20 Å². The number of anilines is 1. The van der Waals surface area contributed by atoms with Crippen LogP contribution < -0.4 is 5.32 Å². The third-order valence-corrected chi connectivity index (χ3v) is 3.55. The Kier molecular flexibility index (Phi) is 3.81. The molecule has 2 rings (SSSR count). The van der Waals surface area contributed by atoms with Crippen molar-refractivity contribution < 1.29 is 0 Å². The van der Waals surface area contributed by atoms with E-state index in [2.05, 4.69) is 31.2 Å². The fraction of sp³-hybridized carbons (Fsp3) is 0.600. The molecule has 0 saturated heterocycles. The van der Waals surface area contributed by atoms with E-state index < -0.39 is 0 Å². The number of nitrogens with zero attached hydrogens (tertiary/aromatic N) is 2. The fourth-order valence-corrected chi connectivity index (χ4v) is 2.11. The van der Waals surface area contributed by atoms with Crippen LogP contribution in [-0.4, -0.2) is 16.5 Å². The molecule has 82 valence electrons. The summed E-state index contributed by atoms with van der Waals surface area (Å²) < 4.78 is 0.862. The van der Waals surface area contributed by atoms with Gasteiger partial charge in [0.2, 0.25) is 5.28 Å². The van der Waals surface area contributed by atoms with Crippen LogP contribution in [0.1, 0.15) is 25.7 Å². The first kappa shape index (κ1) is 11.1. The fourth-order valence-electron chi connectivity index (χ4n) is 1.65. The highest BCUT2D eigenvalue weighted by molar-refractivity contribution is 9.10. The van der Waals surface area contributed by atoms with Crippen molar-refractivity contribution >= 4 is 33.3 Å². The van der Waals surface area contributed by atoms with E-state index in [0.717, 1.165) is 22.8 Å². The maximum Gasteiger partial charge on any atom is 0.224 e. The van der Waals surface area contributed by atoms with Crippen LogP contribution in [0.25, 0.3) is 0 Å². The Labute approximate surface area is 103 Å². The second-order valence-electron chi connectivity index (χ2n) is 3.85. The standard InChI is InChI=1S/C10H13BrClN3/c11-8-6-14-10(12)15-9(8)13-5-4-7-2-1-3-7/h6-7H,1-5H2,(H,13,14,15). The molecule has 0 radical (unpaired) electrons. The van der Waals surface area contributed by atoms with Gasteiger partial charge in [0.25, 0.3) is 0 Å². The number of rotatable bonds is 4. The lowest BCUT2D eigenvalue weighted by molar-refractivity contribution is 0.303. The lowest BCUT2D eigenvalue weighted by Crippen LogP contribution is -2.16. The van der Waals surface area contributed by atoms with Crippen LogP contribution in [0.15, 0.2) is 10.7 Å². The number of hydrogen-bond acceptors (Lipinski definition) is 3. The molecule has 1 aliphatic carbocycles. The van der Waals surface area contributed by atoms with Gasteiger partial charge in [-0.05, 0) is 39.9 Å². The van der Waals surface area contributed by atoms with Crippen molar-refractivity contribution in [1.82, 2.24) is 9.97 Å². The average molecular weight is 291 g/mol. The van der Waals surface area contributed by atoms with E-state index >= 15 is 0 Å². The highest BCUT2D eigenvalue weighted by Crippen LogP contribution is 2.29. The third-order valence-electron chi connectivity index (χ3n) is 2.78. The van der Waals surface area contributed by atoms with Crippen LogP contribution in [0.3, 0.4) is 0 Å². The van der Waals surface area contributed by atoms with E-state index in [1.165, 1.54) is 25.7 Å². The summed E-state index contributed by atoms with van der Waals surface area (Å²) in [5, 5.41) is 3.55. The molecular weight excluding hydrogens is 277 g/mol. The zero-order valence-corrected chi connectivity index (χ0v) is 10.7. The minimum Gasteiger partial charge on any atom is -0.369 e. The topological polar surface area (TPSA) is 37.8 Å². The Morgan fingerprint density at radius 3 is 3.00 bits per heavy atom. The molecule has 15 heavy (non-hydrogen) atoms. The summed E-state index contributed by atoms with van der Waals surface area (Å²) in [5.74, 6) is 1.70. The minimum atomic E-state index is 0.282.